The Bertz CT molecular complexity index is 415. The second kappa shape index (κ2) is 9.53. The van der Waals surface area contributed by atoms with Gasteiger partial charge in [0.05, 0.1) is 0 Å². The molecule has 0 fully saturated rings. The van der Waals surface area contributed by atoms with Crippen LogP contribution in [-0.2, 0) is 22.6 Å². The van der Waals surface area contributed by atoms with Crippen LogP contribution < -0.4 is 5.32 Å². The van der Waals surface area contributed by atoms with Crippen molar-refractivity contribution in [1.29, 1.82) is 0 Å². The number of unbranched alkanes of at least 4 members (excludes halogenated alkanes) is 1. The van der Waals surface area contributed by atoms with Crippen LogP contribution >= 0.6 is 0 Å². The van der Waals surface area contributed by atoms with Gasteiger partial charge in [0, 0.05) is 19.7 Å². The summed E-state index contributed by atoms with van der Waals surface area (Å²) in [6.07, 6.45) is 1.68. The van der Waals surface area contributed by atoms with Crippen molar-refractivity contribution < 1.29 is 9.53 Å². The molecule has 1 aromatic carbocycles. The van der Waals surface area contributed by atoms with Gasteiger partial charge in [-0.05, 0) is 38.6 Å². The minimum absolute atomic E-state index is 0.0523. The molecule has 1 N–H and O–H groups in total. The zero-order valence-corrected chi connectivity index (χ0v) is 13.7. The summed E-state index contributed by atoms with van der Waals surface area (Å²) in [4.78, 5) is 14.0. The lowest BCUT2D eigenvalue weighted by atomic mass is 10.1. The van der Waals surface area contributed by atoms with Gasteiger partial charge in [-0.2, -0.15) is 0 Å². The summed E-state index contributed by atoms with van der Waals surface area (Å²) in [6.45, 7) is 6.01. The van der Waals surface area contributed by atoms with E-state index in [1.54, 1.807) is 6.92 Å². The molecule has 118 valence electrons. The van der Waals surface area contributed by atoms with E-state index in [0.29, 0.717) is 13.2 Å². The van der Waals surface area contributed by atoms with Crippen LogP contribution in [-0.4, -0.2) is 37.6 Å². The number of hydrogen-bond acceptors (Lipinski definition) is 3. The van der Waals surface area contributed by atoms with Crippen LogP contribution in [0.5, 0.6) is 0 Å². The molecule has 4 heteroatoms. The number of nitrogens with one attached hydrogen (secondary N) is 1. The van der Waals surface area contributed by atoms with Gasteiger partial charge < -0.3 is 15.0 Å². The molecule has 21 heavy (non-hydrogen) atoms. The summed E-state index contributed by atoms with van der Waals surface area (Å²) in [5.41, 5.74) is 2.37. The topological polar surface area (TPSA) is 41.6 Å². The molecule has 1 rings (SSSR count). The molecule has 1 unspecified atom stereocenters. The number of hydrogen-bond donors (Lipinski definition) is 1. The average Bonchev–Trinajstić information content (AvgIpc) is 2.45. The molecule has 4 nitrogen and oxygen atoms in total. The van der Waals surface area contributed by atoms with Gasteiger partial charge in [0.25, 0.3) is 0 Å². The highest BCUT2D eigenvalue weighted by atomic mass is 16.5. The predicted molar refractivity (Wildman–Crippen MR) is 86.0 cm³/mol. The van der Waals surface area contributed by atoms with E-state index in [-0.39, 0.29) is 12.0 Å². The Balaban J connectivity index is 2.35. The first-order valence-electron chi connectivity index (χ1n) is 7.64. The molecule has 0 aliphatic carbocycles. The third kappa shape index (κ3) is 7.25. The lowest BCUT2D eigenvalue weighted by Crippen LogP contribution is -2.34. The third-order valence-electron chi connectivity index (χ3n) is 3.22. The second-order valence-electron chi connectivity index (χ2n) is 5.64. The van der Waals surface area contributed by atoms with Crippen LogP contribution in [0.25, 0.3) is 0 Å². The van der Waals surface area contributed by atoms with Gasteiger partial charge in [0.1, 0.15) is 6.10 Å². The molecule has 1 atom stereocenters. The van der Waals surface area contributed by atoms with E-state index in [2.05, 4.69) is 41.4 Å². The van der Waals surface area contributed by atoms with Gasteiger partial charge in [-0.15, -0.1) is 0 Å². The number of carbonyl (C=O) groups is 1. The van der Waals surface area contributed by atoms with Crippen LogP contribution in [0.3, 0.4) is 0 Å². The van der Waals surface area contributed by atoms with E-state index in [0.717, 1.165) is 24.9 Å². The van der Waals surface area contributed by atoms with Crippen molar-refractivity contribution in [2.75, 3.05) is 20.7 Å². The highest BCUT2D eigenvalue weighted by Gasteiger charge is 2.12. The highest BCUT2D eigenvalue weighted by molar-refractivity contribution is 5.80. The van der Waals surface area contributed by atoms with Crippen LogP contribution in [0.2, 0.25) is 0 Å². The van der Waals surface area contributed by atoms with Crippen LogP contribution in [0.1, 0.15) is 37.8 Å². The van der Waals surface area contributed by atoms with E-state index in [1.165, 1.54) is 5.56 Å². The van der Waals surface area contributed by atoms with Crippen LogP contribution in [0, 0.1) is 0 Å². The van der Waals surface area contributed by atoms with Crippen LogP contribution in [0.15, 0.2) is 24.3 Å². The number of rotatable bonds is 9. The standard InChI is InChI=1S/C17H28N2O2/c1-5-6-11-21-14(2)17(20)18-12-15-7-9-16(10-8-15)13-19(3)4/h7-10,14H,5-6,11-13H2,1-4H3,(H,18,20). The lowest BCUT2D eigenvalue weighted by Gasteiger charge is -2.14. The smallest absolute Gasteiger partial charge is 0.249 e. The van der Waals surface area contributed by atoms with Gasteiger partial charge in [-0.25, -0.2) is 0 Å². The first-order chi connectivity index (χ1) is 10.0. The maximum atomic E-state index is 11.9. The zero-order valence-electron chi connectivity index (χ0n) is 13.7. The molecule has 0 aliphatic rings. The molecular weight excluding hydrogens is 264 g/mol. The fraction of sp³-hybridized carbons (Fsp3) is 0.588. The fourth-order valence-corrected chi connectivity index (χ4v) is 1.94. The summed E-state index contributed by atoms with van der Waals surface area (Å²) in [6, 6.07) is 8.31. The fourth-order valence-electron chi connectivity index (χ4n) is 1.94. The summed E-state index contributed by atoms with van der Waals surface area (Å²) >= 11 is 0. The van der Waals surface area contributed by atoms with Crippen LogP contribution in [0.4, 0.5) is 0 Å². The molecule has 0 saturated carbocycles. The van der Waals surface area contributed by atoms with E-state index >= 15 is 0 Å². The normalized spacial score (nSPS) is 12.4. The Morgan fingerprint density at radius 1 is 1.24 bits per heavy atom. The maximum Gasteiger partial charge on any atom is 0.249 e. The zero-order chi connectivity index (χ0) is 15.7. The van der Waals surface area contributed by atoms with Crippen molar-refractivity contribution in [3.8, 4) is 0 Å². The monoisotopic (exact) mass is 292 g/mol. The number of nitrogens with zero attached hydrogens (tertiary/aromatic N) is 1. The van der Waals surface area contributed by atoms with Crippen molar-refractivity contribution in [2.24, 2.45) is 0 Å². The van der Waals surface area contributed by atoms with E-state index < -0.39 is 0 Å². The van der Waals surface area contributed by atoms with E-state index in [1.807, 2.05) is 14.1 Å². The molecule has 0 aromatic heterocycles. The molecule has 1 aromatic rings. The Kier molecular flexibility index (Phi) is 8.01. The number of amides is 1. The second-order valence-corrected chi connectivity index (χ2v) is 5.64. The molecule has 1 amide bonds. The number of ether oxygens (including phenoxy) is 1. The summed E-state index contributed by atoms with van der Waals surface area (Å²) in [5.74, 6) is -0.0523. The summed E-state index contributed by atoms with van der Waals surface area (Å²) < 4.78 is 5.48. The summed E-state index contributed by atoms with van der Waals surface area (Å²) in [7, 11) is 4.10. The van der Waals surface area contributed by atoms with E-state index in [4.69, 9.17) is 4.74 Å². The summed E-state index contributed by atoms with van der Waals surface area (Å²) in [5, 5.41) is 2.91. The maximum absolute atomic E-state index is 11.9. The largest absolute Gasteiger partial charge is 0.369 e. The van der Waals surface area contributed by atoms with Gasteiger partial charge >= 0.3 is 0 Å². The molecule has 0 saturated heterocycles. The number of benzene rings is 1. The van der Waals surface area contributed by atoms with Crippen molar-refractivity contribution in [2.45, 2.75) is 45.9 Å². The molecule has 0 spiro atoms. The Morgan fingerprint density at radius 2 is 1.86 bits per heavy atom. The SMILES string of the molecule is CCCCOC(C)C(=O)NCc1ccc(CN(C)C)cc1. The molecule has 0 radical (unpaired) electrons. The van der Waals surface area contributed by atoms with Gasteiger partial charge in [-0.3, -0.25) is 4.79 Å². The molecule has 0 bridgehead atoms. The van der Waals surface area contributed by atoms with Crippen molar-refractivity contribution in [1.82, 2.24) is 10.2 Å². The van der Waals surface area contributed by atoms with Gasteiger partial charge in [-0.1, -0.05) is 37.6 Å². The predicted octanol–water partition coefficient (Wildman–Crippen LogP) is 2.57. The van der Waals surface area contributed by atoms with Crippen molar-refractivity contribution >= 4 is 5.91 Å². The average molecular weight is 292 g/mol. The van der Waals surface area contributed by atoms with Crippen molar-refractivity contribution in [3.05, 3.63) is 35.4 Å². The molecular formula is C17H28N2O2. The van der Waals surface area contributed by atoms with Gasteiger partial charge in [0.2, 0.25) is 5.91 Å². The van der Waals surface area contributed by atoms with Crippen molar-refractivity contribution in [3.63, 3.8) is 0 Å². The minimum atomic E-state index is -0.385. The van der Waals surface area contributed by atoms with Gasteiger partial charge in [0.15, 0.2) is 0 Å². The molecule has 0 heterocycles. The highest BCUT2D eigenvalue weighted by Crippen LogP contribution is 2.06. The Hall–Kier alpha value is -1.39. The minimum Gasteiger partial charge on any atom is -0.369 e. The Morgan fingerprint density at radius 3 is 2.43 bits per heavy atom. The lowest BCUT2D eigenvalue weighted by molar-refractivity contribution is -0.131. The number of carbonyl (C=O) groups excluding carboxylic acids is 1. The Labute approximate surface area is 128 Å². The quantitative estimate of drug-likeness (QED) is 0.711. The molecule has 0 aliphatic heterocycles. The first kappa shape index (κ1) is 17.7. The van der Waals surface area contributed by atoms with E-state index in [9.17, 15) is 4.79 Å². The third-order valence-corrected chi connectivity index (χ3v) is 3.22. The first-order valence-corrected chi connectivity index (χ1v) is 7.64.